The topological polar surface area (TPSA) is 58.4 Å². The highest BCUT2D eigenvalue weighted by atomic mass is 35.5. The maximum absolute atomic E-state index is 13.2. The smallest absolute Gasteiger partial charge is 0.226 e. The monoisotopic (exact) mass is 440 g/mol. The summed E-state index contributed by atoms with van der Waals surface area (Å²) in [6, 6.07) is 6.14. The summed E-state index contributed by atoms with van der Waals surface area (Å²) in [5.41, 5.74) is 3.87. The van der Waals surface area contributed by atoms with Crippen molar-refractivity contribution in [1.29, 1.82) is 0 Å². The van der Waals surface area contributed by atoms with Gasteiger partial charge in [-0.15, -0.1) is 0 Å². The van der Waals surface area contributed by atoms with Crippen LogP contribution in [0.1, 0.15) is 31.2 Å². The fraction of sp³-hybridized carbons (Fsp3) is 0.458. The number of nitrogens with zero attached hydrogens (tertiary/aromatic N) is 4. The van der Waals surface area contributed by atoms with E-state index in [-0.39, 0.29) is 23.7 Å². The second kappa shape index (κ2) is 8.87. The summed E-state index contributed by atoms with van der Waals surface area (Å²) in [4.78, 5) is 29.3. The first kappa shape index (κ1) is 21.6. The predicted molar refractivity (Wildman–Crippen MR) is 122 cm³/mol. The zero-order valence-corrected chi connectivity index (χ0v) is 19.1. The summed E-state index contributed by atoms with van der Waals surface area (Å²) in [7, 11) is 5.73. The average molecular weight is 441 g/mol. The van der Waals surface area contributed by atoms with Gasteiger partial charge in [0, 0.05) is 74.6 Å². The van der Waals surface area contributed by atoms with E-state index in [4.69, 9.17) is 11.6 Å². The largest absolute Gasteiger partial charge is 0.383 e. The molecule has 31 heavy (non-hydrogen) atoms. The molecule has 1 aliphatic carbocycles. The number of carbonyl (C=O) groups is 2. The van der Waals surface area contributed by atoms with Crippen molar-refractivity contribution in [2.24, 2.45) is 13.0 Å². The molecule has 0 bridgehead atoms. The standard InChI is InChI=1S/C24H29ClN4O2/c1-27(2)14-19-11-21(6-7-23(19)30)29-9-8-18(24(29)31)10-17-5-4-16(12-22(17)25)20-13-26-28(3)15-20/h4-5,12-15,18,21H,6-11H2,1-3H3. The molecule has 7 heteroatoms. The molecule has 1 aromatic carbocycles. The highest BCUT2D eigenvalue weighted by Crippen LogP contribution is 2.33. The molecule has 1 aromatic heterocycles. The van der Waals surface area contributed by atoms with Crippen LogP contribution in [0.15, 0.2) is 42.4 Å². The van der Waals surface area contributed by atoms with Gasteiger partial charge < -0.3 is 9.80 Å². The number of benzene rings is 1. The van der Waals surface area contributed by atoms with Crippen LogP contribution in [0.2, 0.25) is 5.02 Å². The van der Waals surface area contributed by atoms with Crippen molar-refractivity contribution in [3.05, 3.63) is 53.0 Å². The van der Waals surface area contributed by atoms with Crippen molar-refractivity contribution in [3.8, 4) is 11.1 Å². The summed E-state index contributed by atoms with van der Waals surface area (Å²) in [6.07, 6.45) is 9.06. The lowest BCUT2D eigenvalue weighted by Crippen LogP contribution is -2.41. The number of amides is 1. The molecule has 2 aliphatic rings. The molecule has 2 unspecified atom stereocenters. The number of rotatable bonds is 5. The molecule has 0 spiro atoms. The third kappa shape index (κ3) is 4.69. The first-order valence-corrected chi connectivity index (χ1v) is 11.2. The third-order valence-corrected chi connectivity index (χ3v) is 6.63. The Balaban J connectivity index is 1.43. The fourth-order valence-corrected chi connectivity index (χ4v) is 4.93. The molecule has 2 aromatic rings. The van der Waals surface area contributed by atoms with E-state index in [2.05, 4.69) is 5.10 Å². The molecule has 1 aliphatic heterocycles. The zero-order chi connectivity index (χ0) is 22.1. The quantitative estimate of drug-likeness (QED) is 0.665. The lowest BCUT2D eigenvalue weighted by Gasteiger charge is -2.32. The second-order valence-corrected chi connectivity index (χ2v) is 9.28. The number of halogens is 1. The Morgan fingerprint density at radius 1 is 1.23 bits per heavy atom. The zero-order valence-electron chi connectivity index (χ0n) is 18.3. The second-order valence-electron chi connectivity index (χ2n) is 8.87. The van der Waals surface area contributed by atoms with Crippen LogP contribution in [0.25, 0.3) is 11.1 Å². The average Bonchev–Trinajstić information content (AvgIpc) is 3.31. The number of hydrogen-bond acceptors (Lipinski definition) is 4. The number of Topliss-reactive ketones (excluding diaryl/α,β-unsaturated/α-hetero) is 1. The molecule has 1 amide bonds. The van der Waals surface area contributed by atoms with Crippen molar-refractivity contribution in [2.75, 3.05) is 20.6 Å². The first-order chi connectivity index (χ1) is 14.8. The van der Waals surface area contributed by atoms with Crippen LogP contribution in [0, 0.1) is 5.92 Å². The third-order valence-electron chi connectivity index (χ3n) is 6.28. The van der Waals surface area contributed by atoms with Crippen molar-refractivity contribution in [1.82, 2.24) is 19.6 Å². The minimum Gasteiger partial charge on any atom is -0.383 e. The number of carbonyl (C=O) groups excluding carboxylic acids is 2. The summed E-state index contributed by atoms with van der Waals surface area (Å²) in [5, 5.41) is 4.90. The van der Waals surface area contributed by atoms with E-state index in [1.807, 2.05) is 67.7 Å². The summed E-state index contributed by atoms with van der Waals surface area (Å²) in [6.45, 7) is 0.753. The van der Waals surface area contributed by atoms with Crippen LogP contribution >= 0.6 is 11.6 Å². The molecule has 4 rings (SSSR count). The Morgan fingerprint density at radius 3 is 2.71 bits per heavy atom. The van der Waals surface area contributed by atoms with Gasteiger partial charge in [0.05, 0.1) is 6.20 Å². The number of ketones is 1. The molecule has 1 saturated heterocycles. The van der Waals surface area contributed by atoms with Gasteiger partial charge in [-0.2, -0.15) is 5.10 Å². The van der Waals surface area contributed by atoms with Crippen LogP contribution in [-0.4, -0.2) is 58.0 Å². The van der Waals surface area contributed by atoms with E-state index in [1.165, 1.54) is 0 Å². The van der Waals surface area contributed by atoms with Crippen LogP contribution in [0.5, 0.6) is 0 Å². The van der Waals surface area contributed by atoms with Gasteiger partial charge in [-0.1, -0.05) is 23.7 Å². The normalized spacial score (nSPS) is 23.1. The van der Waals surface area contributed by atoms with Gasteiger partial charge in [0.2, 0.25) is 5.91 Å². The maximum atomic E-state index is 13.2. The summed E-state index contributed by atoms with van der Waals surface area (Å²) in [5.74, 6) is 0.338. The summed E-state index contributed by atoms with van der Waals surface area (Å²) >= 11 is 6.58. The molecule has 6 nitrogen and oxygen atoms in total. The summed E-state index contributed by atoms with van der Waals surface area (Å²) < 4.78 is 1.76. The fourth-order valence-electron chi connectivity index (χ4n) is 4.67. The molecule has 0 radical (unpaired) electrons. The molecule has 2 fully saturated rings. The molecule has 0 N–H and O–H groups in total. The Labute approximate surface area is 188 Å². The predicted octanol–water partition coefficient (Wildman–Crippen LogP) is 3.70. The molecule has 1 saturated carbocycles. The maximum Gasteiger partial charge on any atom is 0.226 e. The van der Waals surface area contributed by atoms with Gasteiger partial charge in [0.15, 0.2) is 5.78 Å². The van der Waals surface area contributed by atoms with Gasteiger partial charge in [-0.3, -0.25) is 14.3 Å². The van der Waals surface area contributed by atoms with Crippen molar-refractivity contribution in [3.63, 3.8) is 0 Å². The van der Waals surface area contributed by atoms with Gasteiger partial charge in [-0.05, 0) is 42.9 Å². The van der Waals surface area contributed by atoms with Gasteiger partial charge >= 0.3 is 0 Å². The van der Waals surface area contributed by atoms with E-state index < -0.39 is 0 Å². The van der Waals surface area contributed by atoms with E-state index >= 15 is 0 Å². The number of aryl methyl sites for hydroxylation is 1. The molecule has 2 heterocycles. The van der Waals surface area contributed by atoms with Gasteiger partial charge in [0.25, 0.3) is 0 Å². The number of aromatic nitrogens is 2. The minimum absolute atomic E-state index is 0.0550. The lowest BCUT2D eigenvalue weighted by atomic mass is 9.89. The van der Waals surface area contributed by atoms with Crippen LogP contribution in [0.4, 0.5) is 0 Å². The van der Waals surface area contributed by atoms with E-state index in [1.54, 1.807) is 4.68 Å². The Morgan fingerprint density at radius 2 is 2.03 bits per heavy atom. The van der Waals surface area contributed by atoms with Gasteiger partial charge in [-0.25, -0.2) is 0 Å². The van der Waals surface area contributed by atoms with Crippen LogP contribution in [0.3, 0.4) is 0 Å². The van der Waals surface area contributed by atoms with E-state index in [0.717, 1.165) is 41.6 Å². The van der Waals surface area contributed by atoms with Gasteiger partial charge in [0.1, 0.15) is 0 Å². The first-order valence-electron chi connectivity index (χ1n) is 10.8. The Kier molecular flexibility index (Phi) is 6.19. The van der Waals surface area contributed by atoms with Crippen molar-refractivity contribution >= 4 is 23.3 Å². The highest BCUT2D eigenvalue weighted by Gasteiger charge is 2.38. The molecular weight excluding hydrogens is 412 g/mol. The van der Waals surface area contributed by atoms with E-state index in [0.29, 0.717) is 24.3 Å². The lowest BCUT2D eigenvalue weighted by molar-refractivity contribution is -0.134. The molecular formula is C24H29ClN4O2. The van der Waals surface area contributed by atoms with Crippen LogP contribution < -0.4 is 0 Å². The van der Waals surface area contributed by atoms with Crippen molar-refractivity contribution in [2.45, 2.75) is 38.1 Å². The van der Waals surface area contributed by atoms with Crippen LogP contribution in [-0.2, 0) is 23.1 Å². The number of likely N-dealkylation sites (tertiary alicyclic amines) is 1. The highest BCUT2D eigenvalue weighted by molar-refractivity contribution is 6.31. The minimum atomic E-state index is -0.0550. The Hall–Kier alpha value is -2.60. The SMILES string of the molecule is CN(C)C=C1CC(N2CCC(Cc3ccc(-c4cnn(C)c4)cc3Cl)C2=O)CCC1=O. The van der Waals surface area contributed by atoms with E-state index in [9.17, 15) is 9.59 Å². The number of hydrogen-bond donors (Lipinski definition) is 0. The molecule has 164 valence electrons. The molecule has 2 atom stereocenters. The Bertz CT molecular complexity index is 1030. The van der Waals surface area contributed by atoms with Crippen molar-refractivity contribution < 1.29 is 9.59 Å².